The van der Waals surface area contributed by atoms with Crippen LogP contribution < -0.4 is 15.8 Å². The average molecular weight is 393 g/mol. The van der Waals surface area contributed by atoms with Gasteiger partial charge in [0.15, 0.2) is 19.0 Å². The van der Waals surface area contributed by atoms with Crippen LogP contribution in [-0.4, -0.2) is 27.5 Å². The van der Waals surface area contributed by atoms with E-state index in [4.69, 9.17) is 15.2 Å². The molecule has 0 aliphatic heterocycles. The van der Waals surface area contributed by atoms with Crippen LogP contribution in [0.15, 0.2) is 54.6 Å². The van der Waals surface area contributed by atoms with E-state index in [9.17, 15) is 4.79 Å². The van der Waals surface area contributed by atoms with E-state index < -0.39 is 5.97 Å². The van der Waals surface area contributed by atoms with Crippen molar-refractivity contribution >= 4 is 23.6 Å². The minimum Gasteiger partial charge on any atom is -0.482 e. The predicted octanol–water partition coefficient (Wildman–Crippen LogP) is 3.44. The molecule has 3 N–H and O–H groups in total. The second-order valence-electron chi connectivity index (χ2n) is 6.57. The van der Waals surface area contributed by atoms with Crippen molar-refractivity contribution in [3.8, 4) is 5.75 Å². The van der Waals surface area contributed by atoms with Crippen LogP contribution >= 0.6 is 0 Å². The van der Waals surface area contributed by atoms with Gasteiger partial charge in [0, 0.05) is 5.69 Å². The highest BCUT2D eigenvalue weighted by atomic mass is 16.6. The molecule has 0 spiro atoms. The molecule has 8 heteroatoms. The van der Waals surface area contributed by atoms with E-state index in [0.29, 0.717) is 5.75 Å². The number of ether oxygens (including phenoxy) is 2. The van der Waals surface area contributed by atoms with Crippen LogP contribution in [0.5, 0.6) is 5.75 Å². The monoisotopic (exact) mass is 393 g/mol. The maximum atomic E-state index is 12.1. The quantitative estimate of drug-likeness (QED) is 0.560. The molecule has 8 nitrogen and oxygen atoms in total. The number of nitrogen functional groups attached to an aromatic ring is 1. The lowest BCUT2D eigenvalue weighted by atomic mass is 10.0. The van der Waals surface area contributed by atoms with Crippen molar-refractivity contribution in [3.05, 3.63) is 66.0 Å². The molecule has 0 radical (unpaired) electrons. The van der Waals surface area contributed by atoms with Crippen molar-refractivity contribution in [1.82, 2.24) is 15.0 Å². The summed E-state index contributed by atoms with van der Waals surface area (Å²) in [6, 6.07) is 17.0. The Morgan fingerprint density at radius 3 is 2.52 bits per heavy atom. The third kappa shape index (κ3) is 5.90. The van der Waals surface area contributed by atoms with E-state index in [1.54, 1.807) is 0 Å². The zero-order chi connectivity index (χ0) is 20.6. The van der Waals surface area contributed by atoms with Gasteiger partial charge in [-0.3, -0.25) is 0 Å². The lowest BCUT2D eigenvalue weighted by Crippen LogP contribution is -2.17. The number of nitrogens with one attached hydrogen (secondary N) is 1. The Labute approximate surface area is 169 Å². The molecule has 0 aliphatic carbocycles. The zero-order valence-electron chi connectivity index (χ0n) is 16.3. The first kappa shape index (κ1) is 20.1. The number of anilines is 3. The smallest absolute Gasteiger partial charge is 0.344 e. The van der Waals surface area contributed by atoms with Gasteiger partial charge in [-0.15, -0.1) is 0 Å². The number of carbonyl (C=O) groups excluding carboxylic acids is 1. The number of nitrogens with two attached hydrogens (primary N) is 1. The molecule has 1 aromatic heterocycles. The fourth-order valence-corrected chi connectivity index (χ4v) is 2.62. The minimum atomic E-state index is -0.528. The highest BCUT2D eigenvalue weighted by Gasteiger charge is 2.12. The lowest BCUT2D eigenvalue weighted by Gasteiger charge is -2.13. The van der Waals surface area contributed by atoms with Crippen molar-refractivity contribution < 1.29 is 14.3 Å². The number of esters is 1. The summed E-state index contributed by atoms with van der Waals surface area (Å²) in [5.41, 5.74) is 7.57. The molecule has 0 fully saturated rings. The van der Waals surface area contributed by atoms with E-state index in [-0.39, 0.29) is 36.9 Å². The van der Waals surface area contributed by atoms with Crippen LogP contribution in [0.1, 0.15) is 31.2 Å². The fourth-order valence-electron chi connectivity index (χ4n) is 2.62. The standard InChI is InChI=1S/C21H23N5O3/c1-14(2)16-10-6-7-11-17(16)28-13-19(27)29-12-18-24-20(22)26-21(25-18)23-15-8-4-3-5-9-15/h3-11,14H,12-13H2,1-2H3,(H3,22,23,24,25,26). The Hall–Kier alpha value is -3.68. The first-order chi connectivity index (χ1) is 14.0. The van der Waals surface area contributed by atoms with Crippen LogP contribution in [0.4, 0.5) is 17.6 Å². The van der Waals surface area contributed by atoms with E-state index in [0.717, 1.165) is 11.3 Å². The largest absolute Gasteiger partial charge is 0.482 e. The number of para-hydroxylation sites is 2. The summed E-state index contributed by atoms with van der Waals surface area (Å²) in [7, 11) is 0. The number of nitrogens with zero attached hydrogens (tertiary/aromatic N) is 3. The van der Waals surface area contributed by atoms with Crippen LogP contribution in [-0.2, 0) is 16.1 Å². The fraction of sp³-hybridized carbons (Fsp3) is 0.238. The summed E-state index contributed by atoms with van der Waals surface area (Å²) in [5, 5.41) is 3.03. The number of benzene rings is 2. The Balaban J connectivity index is 1.56. The number of hydrogen-bond donors (Lipinski definition) is 2. The SMILES string of the molecule is CC(C)c1ccccc1OCC(=O)OCc1nc(N)nc(Nc2ccccc2)n1. The van der Waals surface area contributed by atoms with E-state index in [1.165, 1.54) is 0 Å². The molecule has 0 bridgehead atoms. The Morgan fingerprint density at radius 2 is 1.76 bits per heavy atom. The van der Waals surface area contributed by atoms with Gasteiger partial charge in [-0.1, -0.05) is 50.2 Å². The first-order valence-electron chi connectivity index (χ1n) is 9.21. The Morgan fingerprint density at radius 1 is 1.03 bits per heavy atom. The van der Waals surface area contributed by atoms with Crippen molar-refractivity contribution in [2.24, 2.45) is 0 Å². The molecule has 0 saturated carbocycles. The topological polar surface area (TPSA) is 112 Å². The Bertz CT molecular complexity index is 964. The van der Waals surface area contributed by atoms with Crippen molar-refractivity contribution in [2.75, 3.05) is 17.7 Å². The van der Waals surface area contributed by atoms with Crippen LogP contribution in [0.2, 0.25) is 0 Å². The summed E-state index contributed by atoms with van der Waals surface area (Å²) in [4.78, 5) is 24.3. The van der Waals surface area contributed by atoms with Gasteiger partial charge in [0.25, 0.3) is 0 Å². The molecule has 0 aliphatic rings. The molecular weight excluding hydrogens is 370 g/mol. The molecular formula is C21H23N5O3. The molecule has 3 rings (SSSR count). The van der Waals surface area contributed by atoms with Gasteiger partial charge in [0.1, 0.15) is 5.75 Å². The van der Waals surface area contributed by atoms with Crippen LogP contribution in [0.3, 0.4) is 0 Å². The summed E-state index contributed by atoms with van der Waals surface area (Å²) >= 11 is 0. The summed E-state index contributed by atoms with van der Waals surface area (Å²) < 4.78 is 10.8. The number of rotatable bonds is 8. The van der Waals surface area contributed by atoms with Gasteiger partial charge < -0.3 is 20.5 Å². The van der Waals surface area contributed by atoms with Crippen LogP contribution in [0, 0.1) is 0 Å². The molecule has 0 saturated heterocycles. The van der Waals surface area contributed by atoms with E-state index in [1.807, 2.05) is 54.6 Å². The third-order valence-corrected chi connectivity index (χ3v) is 3.98. The maximum absolute atomic E-state index is 12.1. The Kier molecular flexibility index (Phi) is 6.57. The molecule has 29 heavy (non-hydrogen) atoms. The van der Waals surface area contributed by atoms with E-state index >= 15 is 0 Å². The summed E-state index contributed by atoms with van der Waals surface area (Å²) in [5.74, 6) is 0.972. The summed E-state index contributed by atoms with van der Waals surface area (Å²) in [6.07, 6.45) is 0. The van der Waals surface area contributed by atoms with Gasteiger partial charge in [-0.05, 0) is 29.7 Å². The molecule has 3 aromatic rings. The highest BCUT2D eigenvalue weighted by molar-refractivity contribution is 5.71. The number of hydrogen-bond acceptors (Lipinski definition) is 8. The predicted molar refractivity (Wildman–Crippen MR) is 110 cm³/mol. The number of aromatic nitrogens is 3. The molecule has 1 heterocycles. The second-order valence-corrected chi connectivity index (χ2v) is 6.57. The van der Waals surface area contributed by atoms with Crippen molar-refractivity contribution in [3.63, 3.8) is 0 Å². The first-order valence-corrected chi connectivity index (χ1v) is 9.21. The maximum Gasteiger partial charge on any atom is 0.344 e. The molecule has 2 aromatic carbocycles. The minimum absolute atomic E-state index is 0.0339. The van der Waals surface area contributed by atoms with Crippen molar-refractivity contribution in [2.45, 2.75) is 26.4 Å². The second kappa shape index (κ2) is 9.50. The van der Waals surface area contributed by atoms with Gasteiger partial charge >= 0.3 is 5.97 Å². The van der Waals surface area contributed by atoms with Gasteiger partial charge in [0.2, 0.25) is 11.9 Å². The summed E-state index contributed by atoms with van der Waals surface area (Å²) in [6.45, 7) is 3.78. The molecule has 150 valence electrons. The van der Waals surface area contributed by atoms with Gasteiger partial charge in [-0.2, -0.15) is 15.0 Å². The molecule has 0 atom stereocenters. The molecule has 0 unspecified atom stereocenters. The van der Waals surface area contributed by atoms with Gasteiger partial charge in [0.05, 0.1) is 0 Å². The van der Waals surface area contributed by atoms with E-state index in [2.05, 4.69) is 34.1 Å². The molecule has 0 amide bonds. The van der Waals surface area contributed by atoms with Crippen molar-refractivity contribution in [1.29, 1.82) is 0 Å². The normalized spacial score (nSPS) is 10.6. The average Bonchev–Trinajstić information content (AvgIpc) is 2.71. The zero-order valence-corrected chi connectivity index (χ0v) is 16.3. The highest BCUT2D eigenvalue weighted by Crippen LogP contribution is 2.25. The number of carbonyl (C=O) groups is 1. The van der Waals surface area contributed by atoms with Crippen LogP contribution in [0.25, 0.3) is 0 Å². The van der Waals surface area contributed by atoms with Gasteiger partial charge in [-0.25, -0.2) is 4.79 Å². The third-order valence-electron chi connectivity index (χ3n) is 3.98. The lowest BCUT2D eigenvalue weighted by molar-refractivity contribution is -0.147.